The molecule has 7 fully saturated rings. The number of hydrogen-bond donors (Lipinski definition) is 0. The zero-order chi connectivity index (χ0) is 42.1. The lowest BCUT2D eigenvalue weighted by atomic mass is 9.66. The third-order valence-corrected chi connectivity index (χ3v) is 16.7. The first-order chi connectivity index (χ1) is 28.3. The molecule has 0 amide bonds. The van der Waals surface area contributed by atoms with Gasteiger partial charge in [-0.15, -0.1) is 0 Å². The van der Waals surface area contributed by atoms with E-state index in [9.17, 15) is 27.2 Å². The highest BCUT2D eigenvalue weighted by atomic mass is 19.2. The first-order valence-electron chi connectivity index (χ1n) is 23.3. The predicted molar refractivity (Wildman–Crippen MR) is 207 cm³/mol. The molecule has 13 heteroatoms. The van der Waals surface area contributed by atoms with Gasteiger partial charge < -0.3 is 14.2 Å². The Morgan fingerprint density at radius 1 is 0.373 bits per heavy atom. The summed E-state index contributed by atoms with van der Waals surface area (Å²) in [6.07, 6.45) is -6.52. The number of carbonyl (C=O) groups is 2. The molecule has 0 aliphatic heterocycles. The van der Waals surface area contributed by atoms with E-state index in [4.69, 9.17) is 14.2 Å². The number of rotatable bonds is 11. The van der Waals surface area contributed by atoms with Gasteiger partial charge in [-0.2, -0.15) is 0 Å². The van der Waals surface area contributed by atoms with Crippen LogP contribution in [0.1, 0.15) is 135 Å². The highest BCUT2D eigenvalue weighted by molar-refractivity contribution is 5.85. The zero-order valence-electron chi connectivity index (χ0n) is 34.9. The van der Waals surface area contributed by atoms with Crippen LogP contribution < -0.4 is 0 Å². The Morgan fingerprint density at radius 2 is 0.661 bits per heavy atom. The summed E-state index contributed by atoms with van der Waals surface area (Å²) in [4.78, 5) is 26.5. The fraction of sp³-hybridized carbons (Fsp3) is 0.957. The molecule has 338 valence electrons. The molecule has 0 N–H and O–H groups in total. The van der Waals surface area contributed by atoms with Crippen molar-refractivity contribution in [3.05, 3.63) is 0 Å². The number of ether oxygens (including phenoxy) is 3. The molecule has 59 heavy (non-hydrogen) atoms. The van der Waals surface area contributed by atoms with Crippen molar-refractivity contribution >= 4 is 11.6 Å². The quantitative estimate of drug-likeness (QED) is 0.194. The molecule has 7 saturated carbocycles. The Balaban J connectivity index is 0.812. The maximum absolute atomic E-state index is 15.7. The van der Waals surface area contributed by atoms with Crippen molar-refractivity contribution in [3.63, 3.8) is 0 Å². The van der Waals surface area contributed by atoms with Gasteiger partial charge in [0.1, 0.15) is 54.7 Å². The zero-order valence-corrected chi connectivity index (χ0v) is 34.9. The number of methoxy groups -OCH3 is 1. The third-order valence-electron chi connectivity index (χ3n) is 16.7. The minimum atomic E-state index is -2.51. The van der Waals surface area contributed by atoms with E-state index >= 15 is 17.6 Å². The summed E-state index contributed by atoms with van der Waals surface area (Å²) < 4.78 is 138. The molecule has 7 rings (SSSR count). The fourth-order valence-electron chi connectivity index (χ4n) is 12.8. The monoisotopic (exact) mass is 852 g/mol. The number of alkyl halides is 8. The Morgan fingerprint density at radius 3 is 1.02 bits per heavy atom. The number of Topliss-reactive ketones (excluding diaryl/α,β-unsaturated/α-hetero) is 2. The standard InChI is InChI=1S/C46H68F8O5/c1-23-36(47)38(49)34(39(50)37(23)48)44(55)28-11-19-31(20-12-28)58-32-21-13-29(14-22-32)45(56)35-40(51)42(53)46(43(54)41(35)52)59-33-17-9-27(10-18-33)25-5-3-24(4-6-25)26-7-15-30(57-2)16-8-26/h23-43,46H,3-22H2,1-2H3. The molecule has 7 aliphatic carbocycles. The maximum Gasteiger partial charge on any atom is 0.161 e. The molecule has 5 nitrogen and oxygen atoms in total. The second-order valence-corrected chi connectivity index (χ2v) is 19.9. The van der Waals surface area contributed by atoms with Gasteiger partial charge in [-0.25, -0.2) is 35.1 Å². The molecule has 8 unspecified atom stereocenters. The normalized spacial score (nSPS) is 50.2. The summed E-state index contributed by atoms with van der Waals surface area (Å²) in [6, 6.07) is 0. The van der Waals surface area contributed by atoms with E-state index in [2.05, 4.69) is 0 Å². The van der Waals surface area contributed by atoms with Crippen LogP contribution in [0.3, 0.4) is 0 Å². The maximum atomic E-state index is 15.7. The van der Waals surface area contributed by atoms with Gasteiger partial charge in [-0.05, 0) is 152 Å². The van der Waals surface area contributed by atoms with E-state index in [0.717, 1.165) is 44.4 Å². The first-order valence-corrected chi connectivity index (χ1v) is 23.3. The Kier molecular flexibility index (Phi) is 15.5. The lowest BCUT2D eigenvalue weighted by Crippen LogP contribution is -2.59. The van der Waals surface area contributed by atoms with Gasteiger partial charge in [-0.3, -0.25) is 9.59 Å². The molecule has 0 heterocycles. The van der Waals surface area contributed by atoms with E-state index in [1.165, 1.54) is 38.5 Å². The molecule has 0 aromatic heterocycles. The summed E-state index contributed by atoms with van der Waals surface area (Å²) >= 11 is 0. The van der Waals surface area contributed by atoms with Crippen LogP contribution in [0.2, 0.25) is 0 Å². The van der Waals surface area contributed by atoms with Gasteiger partial charge in [0, 0.05) is 24.9 Å². The number of halogens is 8. The largest absolute Gasteiger partial charge is 0.381 e. The second-order valence-electron chi connectivity index (χ2n) is 19.9. The molecule has 0 saturated heterocycles. The molecule has 7 aliphatic rings. The van der Waals surface area contributed by atoms with E-state index < -0.39 is 103 Å². The highest BCUT2D eigenvalue weighted by Crippen LogP contribution is 2.47. The topological polar surface area (TPSA) is 61.8 Å². The van der Waals surface area contributed by atoms with Crippen LogP contribution in [0.5, 0.6) is 0 Å². The molecule has 0 bridgehead atoms. The minimum absolute atomic E-state index is 0.242. The smallest absolute Gasteiger partial charge is 0.161 e. The van der Waals surface area contributed by atoms with Crippen LogP contribution in [-0.4, -0.2) is 98.6 Å². The summed E-state index contributed by atoms with van der Waals surface area (Å²) in [6.45, 7) is 1.10. The molecule has 0 aromatic rings. The van der Waals surface area contributed by atoms with Crippen LogP contribution in [0.25, 0.3) is 0 Å². The Hall–Kier alpha value is -1.34. The first kappa shape index (κ1) is 45.7. The van der Waals surface area contributed by atoms with E-state index in [0.29, 0.717) is 56.5 Å². The molecular formula is C46H68F8O5. The van der Waals surface area contributed by atoms with Gasteiger partial charge >= 0.3 is 0 Å². The van der Waals surface area contributed by atoms with Crippen LogP contribution in [0.15, 0.2) is 0 Å². The van der Waals surface area contributed by atoms with Gasteiger partial charge in [0.05, 0.1) is 36.3 Å². The van der Waals surface area contributed by atoms with Crippen molar-refractivity contribution in [2.75, 3.05) is 7.11 Å². The van der Waals surface area contributed by atoms with Gasteiger partial charge in [-0.1, -0.05) is 6.92 Å². The second kappa shape index (κ2) is 20.0. The fourth-order valence-corrected chi connectivity index (χ4v) is 12.8. The minimum Gasteiger partial charge on any atom is -0.381 e. The summed E-state index contributed by atoms with van der Waals surface area (Å²) in [5.41, 5.74) is 0. The van der Waals surface area contributed by atoms with E-state index in [-0.39, 0.29) is 37.9 Å². The van der Waals surface area contributed by atoms with E-state index in [1.54, 1.807) is 7.11 Å². The molecule has 0 spiro atoms. The summed E-state index contributed by atoms with van der Waals surface area (Å²) in [5, 5.41) is 0. The van der Waals surface area contributed by atoms with Gasteiger partial charge in [0.15, 0.2) is 12.3 Å². The van der Waals surface area contributed by atoms with Crippen LogP contribution in [0.4, 0.5) is 35.1 Å². The lowest BCUT2D eigenvalue weighted by Gasteiger charge is -2.43. The SMILES string of the molecule is COC1CCC(C2CCC(C3CCC(OC4C(F)C(F)C(C(=O)C5CCC(OC6CCC(C(=O)C7C(F)C(F)C(C)C(F)C7F)CC6)CC5)C(F)C4F)CC3)CC2)CC1. The van der Waals surface area contributed by atoms with Crippen LogP contribution in [0, 0.1) is 53.3 Å². The average Bonchev–Trinajstić information content (AvgIpc) is 3.26. The predicted octanol–water partition coefficient (Wildman–Crippen LogP) is 10.8. The summed E-state index contributed by atoms with van der Waals surface area (Å²) in [5.74, 6) is -5.83. The van der Waals surface area contributed by atoms with Crippen LogP contribution >= 0.6 is 0 Å². The van der Waals surface area contributed by atoms with Crippen molar-refractivity contribution < 1.29 is 58.9 Å². The lowest BCUT2D eigenvalue weighted by molar-refractivity contribution is -0.178. The highest BCUT2D eigenvalue weighted by Gasteiger charge is 2.58. The molecule has 0 radical (unpaired) electrons. The van der Waals surface area contributed by atoms with Crippen molar-refractivity contribution in [2.24, 2.45) is 53.3 Å². The van der Waals surface area contributed by atoms with Crippen molar-refractivity contribution in [1.82, 2.24) is 0 Å². The van der Waals surface area contributed by atoms with Gasteiger partial charge in [0.2, 0.25) is 0 Å². The number of ketones is 2. The molecular weight excluding hydrogens is 784 g/mol. The molecule has 8 atom stereocenters. The Labute approximate surface area is 345 Å². The third kappa shape index (κ3) is 9.92. The van der Waals surface area contributed by atoms with Gasteiger partial charge in [0.25, 0.3) is 0 Å². The van der Waals surface area contributed by atoms with E-state index in [1.807, 2.05) is 0 Å². The number of hydrogen-bond acceptors (Lipinski definition) is 5. The molecule has 0 aromatic carbocycles. The number of carbonyl (C=O) groups excluding carboxylic acids is 2. The van der Waals surface area contributed by atoms with Crippen molar-refractivity contribution in [1.29, 1.82) is 0 Å². The summed E-state index contributed by atoms with van der Waals surface area (Å²) in [7, 11) is 1.80. The average molecular weight is 853 g/mol. The Bertz CT molecular complexity index is 1320. The van der Waals surface area contributed by atoms with Crippen LogP contribution in [-0.2, 0) is 23.8 Å². The van der Waals surface area contributed by atoms with Crippen molar-refractivity contribution in [2.45, 2.75) is 215 Å². The van der Waals surface area contributed by atoms with Crippen molar-refractivity contribution in [3.8, 4) is 0 Å².